The van der Waals surface area contributed by atoms with E-state index in [4.69, 9.17) is 18.6 Å². The molecule has 2 heterocycles. The average molecular weight is 553 g/mol. The van der Waals surface area contributed by atoms with Gasteiger partial charge in [-0.05, 0) is 121 Å². The number of rotatable bonds is 8. The lowest BCUT2D eigenvalue weighted by Crippen LogP contribution is -2.41. The summed E-state index contributed by atoms with van der Waals surface area (Å²) in [6.07, 6.45) is 3.49. The Balaban J connectivity index is 1.45. The van der Waals surface area contributed by atoms with Gasteiger partial charge in [0.2, 0.25) is 0 Å². The minimum absolute atomic E-state index is 0.374. The van der Waals surface area contributed by atoms with E-state index in [1.54, 1.807) is 0 Å². The van der Waals surface area contributed by atoms with Gasteiger partial charge < -0.3 is 23.5 Å². The highest BCUT2D eigenvalue weighted by atomic mass is 16.7. The Kier molecular flexibility index (Phi) is 7.97. The molecule has 0 spiro atoms. The van der Waals surface area contributed by atoms with E-state index in [0.29, 0.717) is 0 Å². The fraction of sp³-hybridized carbons (Fsp3) is 0.471. The first-order chi connectivity index (χ1) is 19.2. The van der Waals surface area contributed by atoms with Crippen molar-refractivity contribution in [2.75, 3.05) is 4.90 Å². The maximum atomic E-state index is 6.30. The predicted molar refractivity (Wildman–Crippen MR) is 171 cm³/mol. The monoisotopic (exact) mass is 553 g/mol. The zero-order chi connectivity index (χ0) is 29.6. The van der Waals surface area contributed by atoms with Gasteiger partial charge in [0.1, 0.15) is 0 Å². The molecule has 2 saturated heterocycles. The molecule has 0 amide bonds. The Labute approximate surface area is 247 Å². The molecule has 41 heavy (non-hydrogen) atoms. The minimum Gasteiger partial charge on any atom is -0.399 e. The molecule has 216 valence electrons. The zero-order valence-corrected chi connectivity index (χ0v) is 26.3. The number of hydrogen-bond acceptors (Lipinski definition) is 5. The average Bonchev–Trinajstić information content (AvgIpc) is 3.28. The summed E-state index contributed by atoms with van der Waals surface area (Å²) < 4.78 is 25.2. The summed E-state index contributed by atoms with van der Waals surface area (Å²) in [6.45, 7) is 18.9. The lowest BCUT2D eigenvalue weighted by atomic mass is 9.79. The molecule has 0 radical (unpaired) electrons. The topological polar surface area (TPSA) is 40.2 Å². The molecule has 0 unspecified atom stereocenters. The lowest BCUT2D eigenvalue weighted by Gasteiger charge is -2.32. The summed E-state index contributed by atoms with van der Waals surface area (Å²) in [5, 5.41) is 0. The first-order valence-corrected chi connectivity index (χ1v) is 15.0. The summed E-state index contributed by atoms with van der Waals surface area (Å²) >= 11 is 0. The molecule has 0 atom stereocenters. The van der Waals surface area contributed by atoms with Crippen LogP contribution in [0.2, 0.25) is 0 Å². The van der Waals surface area contributed by atoms with Crippen LogP contribution in [0.4, 0.5) is 17.1 Å². The molecular formula is C34H45B2NO4. The van der Waals surface area contributed by atoms with Crippen molar-refractivity contribution in [3.63, 3.8) is 0 Å². The smallest absolute Gasteiger partial charge is 0.399 e. The molecule has 0 N–H and O–H groups in total. The van der Waals surface area contributed by atoms with Crippen LogP contribution in [0.1, 0.15) is 80.7 Å². The molecule has 3 aromatic carbocycles. The van der Waals surface area contributed by atoms with Crippen LogP contribution in [-0.2, 0) is 25.0 Å². The fourth-order valence-electron chi connectivity index (χ4n) is 5.16. The molecule has 0 bridgehead atoms. The fourth-order valence-corrected chi connectivity index (χ4v) is 5.16. The van der Waals surface area contributed by atoms with E-state index in [1.165, 1.54) is 18.4 Å². The first-order valence-electron chi connectivity index (χ1n) is 15.0. The second-order valence-electron chi connectivity index (χ2n) is 13.5. The Bertz CT molecular complexity index is 1220. The third kappa shape index (κ3) is 5.87. The Hall–Kier alpha value is -2.57. The van der Waals surface area contributed by atoms with Gasteiger partial charge >= 0.3 is 14.2 Å². The predicted octanol–water partition coefficient (Wildman–Crippen LogP) is 7.10. The maximum absolute atomic E-state index is 6.30. The van der Waals surface area contributed by atoms with Crippen LogP contribution < -0.4 is 15.8 Å². The Morgan fingerprint density at radius 3 is 1.15 bits per heavy atom. The van der Waals surface area contributed by atoms with Crippen molar-refractivity contribution in [1.29, 1.82) is 0 Å². The zero-order valence-electron chi connectivity index (χ0n) is 26.3. The summed E-state index contributed by atoms with van der Waals surface area (Å²) in [5.41, 5.74) is 5.13. The normalized spacial score (nSPS) is 20.4. The van der Waals surface area contributed by atoms with E-state index in [2.05, 4.69) is 140 Å². The number of hydrogen-bond donors (Lipinski definition) is 0. The van der Waals surface area contributed by atoms with Gasteiger partial charge in [0.05, 0.1) is 22.4 Å². The van der Waals surface area contributed by atoms with Gasteiger partial charge in [0.15, 0.2) is 0 Å². The van der Waals surface area contributed by atoms with Crippen LogP contribution in [-0.4, -0.2) is 36.6 Å². The van der Waals surface area contributed by atoms with Crippen molar-refractivity contribution in [2.45, 2.75) is 104 Å². The highest BCUT2D eigenvalue weighted by molar-refractivity contribution is 6.62. The molecule has 2 aliphatic rings. The quantitative estimate of drug-likeness (QED) is 0.279. The lowest BCUT2D eigenvalue weighted by molar-refractivity contribution is 0.00578. The molecule has 3 aromatic rings. The molecular weight excluding hydrogens is 508 g/mol. The van der Waals surface area contributed by atoms with Crippen molar-refractivity contribution in [1.82, 2.24) is 0 Å². The van der Waals surface area contributed by atoms with Gasteiger partial charge in [-0.1, -0.05) is 49.7 Å². The standard InChI is InChI=1S/C34H45B2NO4/c1-10-11-12-25-13-19-28(20-14-25)37(29-21-15-26(16-22-29)35-38-31(2,3)32(4,5)39-35)30-23-17-27(18-24-30)36-40-33(6,7)34(8,9)41-36/h13-24H,10-12H2,1-9H3. The summed E-state index contributed by atoms with van der Waals surface area (Å²) in [5.74, 6) is 0. The maximum Gasteiger partial charge on any atom is 0.494 e. The third-order valence-corrected chi connectivity index (χ3v) is 9.37. The molecule has 2 aliphatic heterocycles. The summed E-state index contributed by atoms with van der Waals surface area (Å²) in [7, 11) is -0.779. The van der Waals surface area contributed by atoms with E-state index in [-0.39, 0.29) is 36.6 Å². The SMILES string of the molecule is CCCCc1ccc(N(c2ccc(B3OC(C)(C)C(C)(C)O3)cc2)c2ccc(B3OC(C)(C)C(C)(C)O3)cc2)cc1. The van der Waals surface area contributed by atoms with Crippen molar-refractivity contribution >= 4 is 42.2 Å². The highest BCUT2D eigenvalue weighted by Gasteiger charge is 2.52. The van der Waals surface area contributed by atoms with Gasteiger partial charge in [0, 0.05) is 17.1 Å². The van der Waals surface area contributed by atoms with Gasteiger partial charge in [-0.15, -0.1) is 0 Å². The first kappa shape index (κ1) is 29.9. The highest BCUT2D eigenvalue weighted by Crippen LogP contribution is 2.39. The Morgan fingerprint density at radius 2 is 0.829 bits per heavy atom. The molecule has 0 saturated carbocycles. The van der Waals surface area contributed by atoms with Crippen LogP contribution in [0, 0.1) is 0 Å². The van der Waals surface area contributed by atoms with Crippen molar-refractivity contribution in [3.8, 4) is 0 Å². The number of benzene rings is 3. The van der Waals surface area contributed by atoms with E-state index >= 15 is 0 Å². The van der Waals surface area contributed by atoms with Gasteiger partial charge in [-0.3, -0.25) is 0 Å². The van der Waals surface area contributed by atoms with Crippen LogP contribution in [0.15, 0.2) is 72.8 Å². The molecule has 0 aliphatic carbocycles. The summed E-state index contributed by atoms with van der Waals surface area (Å²) in [4.78, 5) is 2.28. The van der Waals surface area contributed by atoms with E-state index in [9.17, 15) is 0 Å². The molecule has 0 aromatic heterocycles. The molecule has 7 heteroatoms. The molecule has 5 nitrogen and oxygen atoms in total. The van der Waals surface area contributed by atoms with Crippen molar-refractivity contribution < 1.29 is 18.6 Å². The minimum atomic E-state index is -0.389. The number of anilines is 3. The number of aryl methyl sites for hydroxylation is 1. The summed E-state index contributed by atoms with van der Waals surface area (Å²) in [6, 6.07) is 26.0. The Morgan fingerprint density at radius 1 is 0.512 bits per heavy atom. The van der Waals surface area contributed by atoms with E-state index in [1.807, 2.05) is 0 Å². The molecule has 5 rings (SSSR count). The largest absolute Gasteiger partial charge is 0.494 e. The molecule has 2 fully saturated rings. The second kappa shape index (κ2) is 10.9. The van der Waals surface area contributed by atoms with Crippen LogP contribution in [0.3, 0.4) is 0 Å². The van der Waals surface area contributed by atoms with Crippen molar-refractivity contribution in [2.24, 2.45) is 0 Å². The third-order valence-electron chi connectivity index (χ3n) is 9.37. The van der Waals surface area contributed by atoms with Gasteiger partial charge in [-0.2, -0.15) is 0 Å². The van der Waals surface area contributed by atoms with Gasteiger partial charge in [-0.25, -0.2) is 0 Å². The second-order valence-corrected chi connectivity index (χ2v) is 13.5. The van der Waals surface area contributed by atoms with Gasteiger partial charge in [0.25, 0.3) is 0 Å². The van der Waals surface area contributed by atoms with E-state index < -0.39 is 0 Å². The number of unbranched alkanes of at least 4 members (excludes halogenated alkanes) is 1. The van der Waals surface area contributed by atoms with Crippen molar-refractivity contribution in [3.05, 3.63) is 78.4 Å². The van der Waals surface area contributed by atoms with Crippen LogP contribution in [0.25, 0.3) is 0 Å². The number of nitrogens with zero attached hydrogens (tertiary/aromatic N) is 1. The van der Waals surface area contributed by atoms with E-state index in [0.717, 1.165) is 34.4 Å². The van der Waals surface area contributed by atoms with Crippen LogP contribution >= 0.6 is 0 Å². The van der Waals surface area contributed by atoms with Crippen LogP contribution in [0.5, 0.6) is 0 Å².